The Hall–Kier alpha value is -2.38. The number of ether oxygens (including phenoxy) is 2. The van der Waals surface area contributed by atoms with E-state index in [-0.39, 0.29) is 10.8 Å². The van der Waals surface area contributed by atoms with Crippen LogP contribution in [0.2, 0.25) is 0 Å². The molecule has 0 radical (unpaired) electrons. The molecule has 0 saturated carbocycles. The number of aromatic carboxylic acids is 1. The summed E-state index contributed by atoms with van der Waals surface area (Å²) in [5.41, 5.74) is 0.588. The SMILES string of the molecule is COCCCOc1cccc(NC(=O)c2ccc(C(=O)O)s2)c1. The minimum atomic E-state index is -1.04. The molecule has 0 fully saturated rings. The molecule has 0 atom stereocenters. The van der Waals surface area contributed by atoms with Gasteiger partial charge in [0, 0.05) is 31.9 Å². The van der Waals surface area contributed by atoms with Crippen molar-refractivity contribution in [3.8, 4) is 5.75 Å². The van der Waals surface area contributed by atoms with Crippen LogP contribution >= 0.6 is 11.3 Å². The second-order valence-corrected chi connectivity index (χ2v) is 5.73. The smallest absolute Gasteiger partial charge is 0.345 e. The number of benzene rings is 1. The predicted molar refractivity (Wildman–Crippen MR) is 87.7 cm³/mol. The number of rotatable bonds is 8. The van der Waals surface area contributed by atoms with Gasteiger partial charge in [0.05, 0.1) is 11.5 Å². The maximum absolute atomic E-state index is 12.1. The van der Waals surface area contributed by atoms with Gasteiger partial charge in [-0.1, -0.05) is 6.07 Å². The Morgan fingerprint density at radius 1 is 1.17 bits per heavy atom. The van der Waals surface area contributed by atoms with Crippen LogP contribution in [0.15, 0.2) is 36.4 Å². The molecule has 0 aliphatic heterocycles. The first-order valence-corrected chi connectivity index (χ1v) is 7.78. The highest BCUT2D eigenvalue weighted by atomic mass is 32.1. The van der Waals surface area contributed by atoms with Gasteiger partial charge in [0.15, 0.2) is 0 Å². The number of carboxylic acid groups (broad SMARTS) is 1. The molecule has 1 heterocycles. The number of methoxy groups -OCH3 is 1. The van der Waals surface area contributed by atoms with E-state index in [1.165, 1.54) is 12.1 Å². The number of carbonyl (C=O) groups excluding carboxylic acids is 1. The Balaban J connectivity index is 1.96. The monoisotopic (exact) mass is 335 g/mol. The number of anilines is 1. The third-order valence-electron chi connectivity index (χ3n) is 2.89. The Morgan fingerprint density at radius 2 is 1.96 bits per heavy atom. The zero-order valence-electron chi connectivity index (χ0n) is 12.6. The van der Waals surface area contributed by atoms with E-state index in [9.17, 15) is 9.59 Å². The highest BCUT2D eigenvalue weighted by molar-refractivity contribution is 7.15. The molecule has 0 aliphatic rings. The maximum atomic E-state index is 12.1. The molecule has 122 valence electrons. The molecular formula is C16H17NO5S. The molecule has 1 aromatic carbocycles. The average Bonchev–Trinajstić information content (AvgIpc) is 3.02. The van der Waals surface area contributed by atoms with Crippen LogP contribution in [0, 0.1) is 0 Å². The van der Waals surface area contributed by atoms with E-state index < -0.39 is 5.97 Å². The third kappa shape index (κ3) is 5.08. The largest absolute Gasteiger partial charge is 0.493 e. The van der Waals surface area contributed by atoms with E-state index in [2.05, 4.69) is 5.32 Å². The molecule has 0 bridgehead atoms. The summed E-state index contributed by atoms with van der Waals surface area (Å²) < 4.78 is 10.5. The summed E-state index contributed by atoms with van der Waals surface area (Å²) in [6.07, 6.45) is 0.778. The van der Waals surface area contributed by atoms with E-state index in [1.807, 2.05) is 0 Å². The molecule has 0 saturated heterocycles. The molecular weight excluding hydrogens is 318 g/mol. The number of hydrogen-bond acceptors (Lipinski definition) is 5. The number of amides is 1. The Labute approximate surface area is 137 Å². The van der Waals surface area contributed by atoms with Crippen molar-refractivity contribution in [3.05, 3.63) is 46.2 Å². The first-order valence-electron chi connectivity index (χ1n) is 6.96. The molecule has 2 rings (SSSR count). The Bertz CT molecular complexity index is 683. The lowest BCUT2D eigenvalue weighted by atomic mass is 10.3. The molecule has 0 spiro atoms. The summed E-state index contributed by atoms with van der Waals surface area (Å²) in [5.74, 6) is -0.740. The second kappa shape index (κ2) is 8.30. The molecule has 23 heavy (non-hydrogen) atoms. The van der Waals surface area contributed by atoms with Crippen molar-refractivity contribution in [1.82, 2.24) is 0 Å². The average molecular weight is 335 g/mol. The van der Waals surface area contributed by atoms with Gasteiger partial charge in [0.2, 0.25) is 0 Å². The van der Waals surface area contributed by atoms with Crippen molar-refractivity contribution in [2.24, 2.45) is 0 Å². The molecule has 0 aliphatic carbocycles. The van der Waals surface area contributed by atoms with Gasteiger partial charge in [-0.3, -0.25) is 4.79 Å². The van der Waals surface area contributed by atoms with Crippen LogP contribution in [0.25, 0.3) is 0 Å². The van der Waals surface area contributed by atoms with Crippen molar-refractivity contribution in [2.75, 3.05) is 25.6 Å². The zero-order chi connectivity index (χ0) is 16.7. The summed E-state index contributed by atoms with van der Waals surface area (Å²) in [5, 5.41) is 11.6. The summed E-state index contributed by atoms with van der Waals surface area (Å²) in [7, 11) is 1.64. The number of hydrogen-bond donors (Lipinski definition) is 2. The van der Waals surface area contributed by atoms with E-state index in [0.717, 1.165) is 17.8 Å². The number of nitrogens with one attached hydrogen (secondary N) is 1. The molecule has 0 unspecified atom stereocenters. The van der Waals surface area contributed by atoms with Crippen molar-refractivity contribution in [1.29, 1.82) is 0 Å². The normalized spacial score (nSPS) is 10.3. The molecule has 6 nitrogen and oxygen atoms in total. The molecule has 2 aromatic rings. The molecule has 2 N–H and O–H groups in total. The lowest BCUT2D eigenvalue weighted by Gasteiger charge is -2.08. The van der Waals surface area contributed by atoms with Crippen LogP contribution in [0.5, 0.6) is 5.75 Å². The maximum Gasteiger partial charge on any atom is 0.345 e. The van der Waals surface area contributed by atoms with Crippen LogP contribution in [0.3, 0.4) is 0 Å². The number of carbonyl (C=O) groups is 2. The predicted octanol–water partition coefficient (Wildman–Crippen LogP) is 3.11. The topological polar surface area (TPSA) is 84.9 Å². The third-order valence-corrected chi connectivity index (χ3v) is 3.97. The van der Waals surface area contributed by atoms with Gasteiger partial charge in [0.1, 0.15) is 10.6 Å². The van der Waals surface area contributed by atoms with Crippen LogP contribution < -0.4 is 10.1 Å². The van der Waals surface area contributed by atoms with Gasteiger partial charge in [-0.2, -0.15) is 0 Å². The van der Waals surface area contributed by atoms with E-state index in [1.54, 1.807) is 31.4 Å². The van der Waals surface area contributed by atoms with Crippen molar-refractivity contribution >= 4 is 28.9 Å². The van der Waals surface area contributed by atoms with Crippen LogP contribution in [-0.2, 0) is 4.74 Å². The molecule has 1 amide bonds. The van der Waals surface area contributed by atoms with E-state index in [4.69, 9.17) is 14.6 Å². The van der Waals surface area contributed by atoms with Crippen molar-refractivity contribution < 1.29 is 24.2 Å². The second-order valence-electron chi connectivity index (χ2n) is 4.65. The highest BCUT2D eigenvalue weighted by Gasteiger charge is 2.13. The zero-order valence-corrected chi connectivity index (χ0v) is 13.4. The fraction of sp³-hybridized carbons (Fsp3) is 0.250. The van der Waals surface area contributed by atoms with Gasteiger partial charge in [-0.15, -0.1) is 11.3 Å². The fourth-order valence-corrected chi connectivity index (χ4v) is 2.56. The Kier molecular flexibility index (Phi) is 6.13. The van der Waals surface area contributed by atoms with Gasteiger partial charge >= 0.3 is 5.97 Å². The summed E-state index contributed by atoms with van der Waals surface area (Å²) in [4.78, 5) is 23.4. The van der Waals surface area contributed by atoms with Crippen molar-refractivity contribution in [2.45, 2.75) is 6.42 Å². The number of carboxylic acids is 1. The highest BCUT2D eigenvalue weighted by Crippen LogP contribution is 2.21. The minimum absolute atomic E-state index is 0.130. The standard InChI is InChI=1S/C16H17NO5S/c1-21-8-3-9-22-12-5-2-4-11(10-12)17-15(18)13-6-7-14(23-13)16(19)20/h2,4-7,10H,3,8-9H2,1H3,(H,17,18)(H,19,20). The molecule has 1 aromatic heterocycles. The van der Waals surface area contributed by atoms with Crippen LogP contribution in [-0.4, -0.2) is 37.3 Å². The quantitative estimate of drug-likeness (QED) is 0.724. The van der Waals surface area contributed by atoms with Crippen molar-refractivity contribution in [3.63, 3.8) is 0 Å². The van der Waals surface area contributed by atoms with Gasteiger partial charge in [-0.05, 0) is 24.3 Å². The van der Waals surface area contributed by atoms with Crippen LogP contribution in [0.4, 0.5) is 5.69 Å². The van der Waals surface area contributed by atoms with Gasteiger partial charge in [0.25, 0.3) is 5.91 Å². The number of thiophene rings is 1. The van der Waals surface area contributed by atoms with Gasteiger partial charge < -0.3 is 19.9 Å². The first kappa shape index (κ1) is 17.0. The summed E-state index contributed by atoms with van der Waals surface area (Å²) >= 11 is 0.935. The minimum Gasteiger partial charge on any atom is -0.493 e. The van der Waals surface area contributed by atoms with Gasteiger partial charge in [-0.25, -0.2) is 4.79 Å². The van der Waals surface area contributed by atoms with E-state index >= 15 is 0 Å². The fourth-order valence-electron chi connectivity index (χ4n) is 1.82. The summed E-state index contributed by atoms with van der Waals surface area (Å²) in [6.45, 7) is 1.15. The Morgan fingerprint density at radius 3 is 2.65 bits per heavy atom. The molecule has 7 heteroatoms. The first-order chi connectivity index (χ1) is 11.1. The summed E-state index contributed by atoms with van der Waals surface area (Å²) in [6, 6.07) is 9.95. The van der Waals surface area contributed by atoms with Crippen LogP contribution in [0.1, 0.15) is 25.8 Å². The van der Waals surface area contributed by atoms with E-state index in [0.29, 0.717) is 29.5 Å². The lowest BCUT2D eigenvalue weighted by Crippen LogP contribution is -2.10. The lowest BCUT2D eigenvalue weighted by molar-refractivity contribution is 0.0702.